The summed E-state index contributed by atoms with van der Waals surface area (Å²) in [6.45, 7) is 1.60. The zero-order valence-corrected chi connectivity index (χ0v) is 14.1. The van der Waals surface area contributed by atoms with Crippen molar-refractivity contribution in [3.8, 4) is 0 Å². The lowest BCUT2D eigenvalue weighted by molar-refractivity contribution is -0.115. The summed E-state index contributed by atoms with van der Waals surface area (Å²) in [6, 6.07) is 16.0. The number of hydrogen-bond acceptors (Lipinski definition) is 1. The highest BCUT2D eigenvalue weighted by Gasteiger charge is 2.32. The Morgan fingerprint density at radius 1 is 0.900 bits per heavy atom. The zero-order valence-electron chi connectivity index (χ0n) is 10.9. The van der Waals surface area contributed by atoms with Crippen molar-refractivity contribution >= 4 is 49.1 Å². The number of fused-ring (bicyclic) bond motifs is 2. The monoisotopic (exact) mass is 393 g/mol. The SMILES string of the molecule is CC(=O)N1c2ccccc2[C@H](Br)[C@@H](Br)c2ccccc21. The lowest BCUT2D eigenvalue weighted by atomic mass is 10.0. The first-order chi connectivity index (χ1) is 9.61. The zero-order chi connectivity index (χ0) is 14.3. The van der Waals surface area contributed by atoms with Gasteiger partial charge in [-0.05, 0) is 23.3 Å². The number of amides is 1. The van der Waals surface area contributed by atoms with Gasteiger partial charge in [0.05, 0.1) is 21.0 Å². The van der Waals surface area contributed by atoms with Crippen molar-refractivity contribution in [1.82, 2.24) is 0 Å². The van der Waals surface area contributed by atoms with E-state index >= 15 is 0 Å². The molecule has 4 heteroatoms. The third-order valence-electron chi connectivity index (χ3n) is 3.52. The van der Waals surface area contributed by atoms with Crippen LogP contribution in [0.1, 0.15) is 27.7 Å². The number of para-hydroxylation sites is 2. The largest absolute Gasteiger partial charge is 0.281 e. The van der Waals surface area contributed by atoms with Gasteiger partial charge >= 0.3 is 0 Å². The van der Waals surface area contributed by atoms with E-state index in [9.17, 15) is 4.79 Å². The minimum atomic E-state index is 0.0196. The first-order valence-corrected chi connectivity index (χ1v) is 8.21. The maximum Gasteiger partial charge on any atom is 0.228 e. The van der Waals surface area contributed by atoms with Crippen molar-refractivity contribution in [1.29, 1.82) is 0 Å². The van der Waals surface area contributed by atoms with Crippen molar-refractivity contribution in [2.45, 2.75) is 16.6 Å². The van der Waals surface area contributed by atoms with Crippen LogP contribution in [-0.2, 0) is 4.79 Å². The van der Waals surface area contributed by atoms with Gasteiger partial charge in [-0.1, -0.05) is 68.3 Å². The smallest absolute Gasteiger partial charge is 0.228 e. The lowest BCUT2D eigenvalue weighted by Gasteiger charge is -2.23. The molecular weight excluding hydrogens is 382 g/mol. The Morgan fingerprint density at radius 2 is 1.30 bits per heavy atom. The van der Waals surface area contributed by atoms with E-state index in [1.54, 1.807) is 11.8 Å². The van der Waals surface area contributed by atoms with Crippen LogP contribution in [0.25, 0.3) is 0 Å². The number of nitrogens with zero attached hydrogens (tertiary/aromatic N) is 1. The van der Waals surface area contributed by atoms with Crippen molar-refractivity contribution in [3.05, 3.63) is 59.7 Å². The lowest BCUT2D eigenvalue weighted by Crippen LogP contribution is -2.23. The highest BCUT2D eigenvalue weighted by atomic mass is 79.9. The summed E-state index contributed by atoms with van der Waals surface area (Å²) in [5.74, 6) is 0.0196. The Balaban J connectivity index is 2.33. The maximum absolute atomic E-state index is 12.2. The molecule has 0 fully saturated rings. The second kappa shape index (κ2) is 5.34. The van der Waals surface area contributed by atoms with Gasteiger partial charge < -0.3 is 0 Å². The molecular formula is C16H13Br2NO. The number of alkyl halides is 2. The number of benzene rings is 2. The van der Waals surface area contributed by atoms with E-state index in [0.29, 0.717) is 0 Å². The summed E-state index contributed by atoms with van der Waals surface area (Å²) in [6.07, 6.45) is 0. The van der Waals surface area contributed by atoms with Gasteiger partial charge in [0.2, 0.25) is 5.91 Å². The summed E-state index contributed by atoms with van der Waals surface area (Å²) in [7, 11) is 0. The van der Waals surface area contributed by atoms with Gasteiger partial charge in [-0.2, -0.15) is 0 Å². The van der Waals surface area contributed by atoms with Crippen molar-refractivity contribution in [3.63, 3.8) is 0 Å². The average Bonchev–Trinajstić information content (AvgIpc) is 2.55. The third kappa shape index (κ3) is 2.11. The summed E-state index contributed by atoms with van der Waals surface area (Å²) >= 11 is 7.53. The molecule has 102 valence electrons. The molecule has 0 aliphatic carbocycles. The molecule has 1 aliphatic heterocycles. The van der Waals surface area contributed by atoms with Gasteiger partial charge in [0.15, 0.2) is 0 Å². The van der Waals surface area contributed by atoms with Gasteiger partial charge in [0.1, 0.15) is 0 Å². The molecule has 0 bridgehead atoms. The van der Waals surface area contributed by atoms with Crippen LogP contribution in [0.5, 0.6) is 0 Å². The van der Waals surface area contributed by atoms with Gasteiger partial charge in [-0.25, -0.2) is 0 Å². The van der Waals surface area contributed by atoms with E-state index < -0.39 is 0 Å². The van der Waals surface area contributed by atoms with Gasteiger partial charge in [0, 0.05) is 6.92 Å². The fraction of sp³-hybridized carbons (Fsp3) is 0.188. The van der Waals surface area contributed by atoms with Crippen LogP contribution in [0.15, 0.2) is 48.5 Å². The number of anilines is 2. The minimum absolute atomic E-state index is 0.0196. The summed E-state index contributed by atoms with van der Waals surface area (Å²) in [5, 5.41) is 0. The first kappa shape index (κ1) is 13.8. The fourth-order valence-electron chi connectivity index (χ4n) is 2.63. The van der Waals surface area contributed by atoms with Crippen LogP contribution >= 0.6 is 31.9 Å². The van der Waals surface area contributed by atoms with Crippen LogP contribution in [0, 0.1) is 0 Å². The summed E-state index contributed by atoms with van der Waals surface area (Å²) < 4.78 is 0. The Bertz CT molecular complexity index is 620. The van der Waals surface area contributed by atoms with E-state index in [0.717, 1.165) is 22.5 Å². The second-order valence-electron chi connectivity index (χ2n) is 4.78. The van der Waals surface area contributed by atoms with E-state index in [-0.39, 0.29) is 15.6 Å². The van der Waals surface area contributed by atoms with Crippen molar-refractivity contribution in [2.75, 3.05) is 4.90 Å². The predicted molar refractivity (Wildman–Crippen MR) is 89.0 cm³/mol. The molecule has 2 aromatic carbocycles. The van der Waals surface area contributed by atoms with Crippen molar-refractivity contribution in [2.24, 2.45) is 0 Å². The number of carbonyl (C=O) groups excluding carboxylic acids is 1. The van der Waals surface area contributed by atoms with Crippen molar-refractivity contribution < 1.29 is 4.79 Å². The Morgan fingerprint density at radius 3 is 1.70 bits per heavy atom. The molecule has 0 saturated carbocycles. The normalized spacial score (nSPS) is 20.9. The molecule has 2 aromatic rings. The van der Waals surface area contributed by atoms with Gasteiger partial charge in [-0.15, -0.1) is 0 Å². The van der Waals surface area contributed by atoms with E-state index in [1.807, 2.05) is 36.4 Å². The van der Waals surface area contributed by atoms with Crippen LogP contribution < -0.4 is 4.90 Å². The van der Waals surface area contributed by atoms with Crippen LogP contribution in [0.2, 0.25) is 0 Å². The molecule has 2 nitrogen and oxygen atoms in total. The minimum Gasteiger partial charge on any atom is -0.281 e. The Hall–Kier alpha value is -1.13. The first-order valence-electron chi connectivity index (χ1n) is 6.38. The highest BCUT2D eigenvalue weighted by Crippen LogP contribution is 2.52. The fourth-order valence-corrected chi connectivity index (χ4v) is 3.98. The molecule has 0 radical (unpaired) electrons. The van der Waals surface area contributed by atoms with Gasteiger partial charge in [0.25, 0.3) is 0 Å². The van der Waals surface area contributed by atoms with Crippen LogP contribution in [0.4, 0.5) is 11.4 Å². The molecule has 0 spiro atoms. The van der Waals surface area contributed by atoms with E-state index in [1.165, 1.54) is 0 Å². The highest BCUT2D eigenvalue weighted by molar-refractivity contribution is 9.12. The van der Waals surface area contributed by atoms with Crippen LogP contribution in [0.3, 0.4) is 0 Å². The van der Waals surface area contributed by atoms with E-state index in [2.05, 4.69) is 44.0 Å². The van der Waals surface area contributed by atoms with Crippen LogP contribution in [-0.4, -0.2) is 5.91 Å². The predicted octanol–water partition coefficient (Wildman–Crippen LogP) is 5.26. The summed E-state index contributed by atoms with van der Waals surface area (Å²) in [4.78, 5) is 14.2. The Labute approximate surface area is 135 Å². The molecule has 0 N–H and O–H groups in total. The molecule has 1 heterocycles. The number of halogens is 2. The molecule has 0 saturated heterocycles. The third-order valence-corrected chi connectivity index (χ3v) is 6.27. The number of rotatable bonds is 0. The second-order valence-corrected chi connectivity index (χ2v) is 6.75. The van der Waals surface area contributed by atoms with E-state index in [4.69, 9.17) is 0 Å². The molecule has 3 rings (SSSR count). The molecule has 20 heavy (non-hydrogen) atoms. The summed E-state index contributed by atoms with van der Waals surface area (Å²) in [5.41, 5.74) is 4.11. The van der Waals surface area contributed by atoms with Gasteiger partial charge in [-0.3, -0.25) is 9.69 Å². The molecule has 2 atom stereocenters. The maximum atomic E-state index is 12.2. The quantitative estimate of drug-likeness (QED) is 0.558. The molecule has 1 amide bonds. The topological polar surface area (TPSA) is 20.3 Å². The standard InChI is InChI=1S/C16H13Br2NO/c1-10(20)19-13-8-4-2-6-11(13)15(17)16(18)12-7-3-5-9-14(12)19/h2-9,15-16H,1H3/t15-,16-/m0/s1. The number of carbonyl (C=O) groups is 1. The average molecular weight is 395 g/mol. The molecule has 1 aliphatic rings. The Kier molecular flexibility index (Phi) is 3.69. The number of hydrogen-bond donors (Lipinski definition) is 0. The molecule has 0 unspecified atom stereocenters. The molecule has 0 aromatic heterocycles.